The van der Waals surface area contributed by atoms with Crippen LogP contribution in [0.1, 0.15) is 50.4 Å². The molecule has 262 valence electrons. The van der Waals surface area contributed by atoms with Crippen molar-refractivity contribution >= 4 is 43.2 Å². The van der Waals surface area contributed by atoms with Crippen LogP contribution < -0.4 is 9.46 Å². The van der Waals surface area contributed by atoms with Gasteiger partial charge in [0.25, 0.3) is 15.9 Å². The Morgan fingerprint density at radius 3 is 2.35 bits per heavy atom. The van der Waals surface area contributed by atoms with Crippen LogP contribution in [0.5, 0.6) is 5.75 Å². The molecule has 11 nitrogen and oxygen atoms in total. The summed E-state index contributed by atoms with van der Waals surface area (Å²) >= 11 is 5.97. The fraction of sp³-hybridized carbons (Fsp3) is 0.441. The fourth-order valence-electron chi connectivity index (χ4n) is 5.40. The summed E-state index contributed by atoms with van der Waals surface area (Å²) in [6.45, 7) is 5.61. The maximum absolute atomic E-state index is 14.3. The van der Waals surface area contributed by atoms with Crippen molar-refractivity contribution in [2.24, 2.45) is 5.92 Å². The maximum atomic E-state index is 14.3. The lowest BCUT2D eigenvalue weighted by Crippen LogP contribution is -2.48. The van der Waals surface area contributed by atoms with E-state index in [0.29, 0.717) is 24.5 Å². The van der Waals surface area contributed by atoms with Gasteiger partial charge < -0.3 is 19.5 Å². The minimum absolute atomic E-state index is 0.0170. The number of anilines is 1. The number of benzene rings is 3. The Bertz CT molecular complexity index is 1740. The first-order valence-corrected chi connectivity index (χ1v) is 19.2. The van der Waals surface area contributed by atoms with Gasteiger partial charge in [-0.05, 0) is 87.7 Å². The molecule has 4 rings (SSSR count). The molecule has 0 fully saturated rings. The number of amides is 1. The molecule has 0 aliphatic carbocycles. The summed E-state index contributed by atoms with van der Waals surface area (Å²) < 4.78 is 69.3. The van der Waals surface area contributed by atoms with Gasteiger partial charge in [0.2, 0.25) is 10.0 Å². The monoisotopic (exact) mass is 721 g/mol. The Labute approximate surface area is 288 Å². The number of aliphatic hydroxyl groups excluding tert-OH is 1. The van der Waals surface area contributed by atoms with Crippen LogP contribution in [0.4, 0.5) is 5.69 Å². The van der Waals surface area contributed by atoms with Crippen molar-refractivity contribution in [3.05, 3.63) is 83.4 Å². The third-order valence-electron chi connectivity index (χ3n) is 8.32. The van der Waals surface area contributed by atoms with Gasteiger partial charge in [0.05, 0.1) is 40.2 Å². The second-order valence-corrected chi connectivity index (χ2v) is 16.3. The summed E-state index contributed by atoms with van der Waals surface area (Å²) in [5, 5.41) is 10.6. The minimum Gasteiger partial charge on any atom is -0.490 e. The van der Waals surface area contributed by atoms with E-state index in [0.717, 1.165) is 6.42 Å². The standard InChI is InChI=1S/C34H44ClN3O8S2/c1-24-21-38(25(2)23-39)34(40)31-20-28(36-47(41,42)29-11-6-5-7-12-29)15-18-32(31)46-26(3)10-8-9-19-45-33(24)22-37(4)48(43,44)30-16-13-27(35)14-17-30/h5-7,11-18,20,24-26,33,36,39H,8-10,19,21-23H2,1-4H3/t24-,25-,26-,33+/m1/s1. The first kappa shape index (κ1) is 37.6. The molecule has 0 radical (unpaired) electrons. The number of aliphatic hydroxyl groups is 1. The van der Waals surface area contributed by atoms with Gasteiger partial charge in [0, 0.05) is 43.4 Å². The lowest BCUT2D eigenvalue weighted by molar-refractivity contribution is -0.00833. The molecule has 3 aromatic rings. The number of hydrogen-bond acceptors (Lipinski definition) is 8. The van der Waals surface area contributed by atoms with Crippen LogP contribution in [0.3, 0.4) is 0 Å². The molecule has 0 unspecified atom stereocenters. The van der Waals surface area contributed by atoms with Crippen molar-refractivity contribution in [2.45, 2.75) is 68.1 Å². The number of rotatable bonds is 9. The molecule has 14 heteroatoms. The van der Waals surface area contributed by atoms with Crippen LogP contribution in [-0.4, -0.2) is 88.7 Å². The van der Waals surface area contributed by atoms with E-state index in [4.69, 9.17) is 21.1 Å². The molecule has 3 aromatic carbocycles. The molecule has 0 aromatic heterocycles. The molecule has 48 heavy (non-hydrogen) atoms. The molecule has 0 saturated heterocycles. The second kappa shape index (κ2) is 16.5. The van der Waals surface area contributed by atoms with E-state index >= 15 is 0 Å². The molecule has 4 atom stereocenters. The van der Waals surface area contributed by atoms with Crippen molar-refractivity contribution in [1.29, 1.82) is 0 Å². The summed E-state index contributed by atoms with van der Waals surface area (Å²) in [4.78, 5) is 16.0. The molecule has 0 spiro atoms. The highest BCUT2D eigenvalue weighted by molar-refractivity contribution is 7.92. The number of fused-ring (bicyclic) bond motifs is 1. The van der Waals surface area contributed by atoms with Crippen LogP contribution in [0, 0.1) is 5.92 Å². The number of hydrogen-bond donors (Lipinski definition) is 2. The normalized spacial score (nSPS) is 20.8. The number of halogens is 1. The fourth-order valence-corrected chi connectivity index (χ4v) is 7.78. The Balaban J connectivity index is 1.67. The summed E-state index contributed by atoms with van der Waals surface area (Å²) in [7, 11) is -6.33. The van der Waals surface area contributed by atoms with Crippen molar-refractivity contribution in [3.63, 3.8) is 0 Å². The number of ether oxygens (including phenoxy) is 2. The van der Waals surface area contributed by atoms with Crippen molar-refractivity contribution in [3.8, 4) is 5.75 Å². The van der Waals surface area contributed by atoms with E-state index < -0.39 is 38.1 Å². The SMILES string of the molecule is C[C@@H]1CCCCO[C@@H](CN(C)S(=O)(=O)c2ccc(Cl)cc2)[C@H](C)CN([C@H](C)CO)C(=O)c2cc(NS(=O)(=O)c3ccccc3)ccc2O1. The Morgan fingerprint density at radius 2 is 1.69 bits per heavy atom. The van der Waals surface area contributed by atoms with E-state index in [1.54, 1.807) is 37.3 Å². The quantitative estimate of drug-likeness (QED) is 0.305. The molecule has 0 saturated carbocycles. The van der Waals surface area contributed by atoms with Gasteiger partial charge in [0.1, 0.15) is 5.75 Å². The van der Waals surface area contributed by atoms with E-state index in [2.05, 4.69) is 4.72 Å². The first-order chi connectivity index (χ1) is 22.7. The molecular weight excluding hydrogens is 678 g/mol. The van der Waals surface area contributed by atoms with Crippen molar-refractivity contribution < 1.29 is 36.2 Å². The summed E-state index contributed by atoms with van der Waals surface area (Å²) in [5.74, 6) is -0.572. The zero-order valence-electron chi connectivity index (χ0n) is 27.6. The highest BCUT2D eigenvalue weighted by atomic mass is 35.5. The van der Waals surface area contributed by atoms with Gasteiger partial charge in [-0.1, -0.05) is 36.7 Å². The van der Waals surface area contributed by atoms with E-state index in [9.17, 15) is 26.7 Å². The maximum Gasteiger partial charge on any atom is 0.261 e. The molecule has 2 N–H and O–H groups in total. The Hall–Kier alpha value is -3.20. The number of nitrogens with zero attached hydrogens (tertiary/aromatic N) is 2. The van der Waals surface area contributed by atoms with Crippen LogP contribution >= 0.6 is 11.6 Å². The second-order valence-electron chi connectivity index (χ2n) is 12.2. The summed E-state index contributed by atoms with van der Waals surface area (Å²) in [6.07, 6.45) is 1.24. The van der Waals surface area contributed by atoms with E-state index in [1.807, 2.05) is 13.8 Å². The topological polar surface area (TPSA) is 143 Å². The van der Waals surface area contributed by atoms with Gasteiger partial charge in [-0.25, -0.2) is 16.8 Å². The van der Waals surface area contributed by atoms with Crippen LogP contribution in [-0.2, 0) is 24.8 Å². The smallest absolute Gasteiger partial charge is 0.261 e. The Kier molecular flexibility index (Phi) is 12.9. The van der Waals surface area contributed by atoms with Crippen LogP contribution in [0.15, 0.2) is 82.6 Å². The zero-order valence-corrected chi connectivity index (χ0v) is 30.0. The van der Waals surface area contributed by atoms with Crippen LogP contribution in [0.25, 0.3) is 0 Å². The Morgan fingerprint density at radius 1 is 1.00 bits per heavy atom. The number of carbonyl (C=O) groups is 1. The molecule has 1 amide bonds. The summed E-state index contributed by atoms with van der Waals surface area (Å²) in [5.41, 5.74) is 0.294. The molecule has 1 aliphatic rings. The average molecular weight is 722 g/mol. The number of carbonyl (C=O) groups excluding carboxylic acids is 1. The van der Waals surface area contributed by atoms with E-state index in [1.165, 1.54) is 58.7 Å². The largest absolute Gasteiger partial charge is 0.490 e. The molecule has 1 aliphatic heterocycles. The van der Waals surface area contributed by atoms with Gasteiger partial charge in [0.15, 0.2) is 0 Å². The van der Waals surface area contributed by atoms with Gasteiger partial charge >= 0.3 is 0 Å². The highest BCUT2D eigenvalue weighted by Gasteiger charge is 2.32. The predicted octanol–water partition coefficient (Wildman–Crippen LogP) is 5.26. The third kappa shape index (κ3) is 9.48. The van der Waals surface area contributed by atoms with Gasteiger partial charge in [-0.3, -0.25) is 9.52 Å². The lowest BCUT2D eigenvalue weighted by atomic mass is 10.0. The number of sulfonamides is 2. The first-order valence-electron chi connectivity index (χ1n) is 15.9. The van der Waals surface area contributed by atoms with Gasteiger partial charge in [-0.15, -0.1) is 0 Å². The van der Waals surface area contributed by atoms with Crippen molar-refractivity contribution in [1.82, 2.24) is 9.21 Å². The number of nitrogens with one attached hydrogen (secondary N) is 1. The molecule has 0 bridgehead atoms. The van der Waals surface area contributed by atoms with Crippen molar-refractivity contribution in [2.75, 3.05) is 38.1 Å². The third-order valence-corrected chi connectivity index (χ3v) is 11.8. The molecule has 1 heterocycles. The highest BCUT2D eigenvalue weighted by Crippen LogP contribution is 2.30. The molecular formula is C34H44ClN3O8S2. The van der Waals surface area contributed by atoms with E-state index in [-0.39, 0.29) is 58.5 Å². The van der Waals surface area contributed by atoms with Gasteiger partial charge in [-0.2, -0.15) is 4.31 Å². The predicted molar refractivity (Wildman–Crippen MR) is 185 cm³/mol. The van der Waals surface area contributed by atoms with Crippen LogP contribution in [0.2, 0.25) is 5.02 Å². The lowest BCUT2D eigenvalue weighted by Gasteiger charge is -2.35. The average Bonchev–Trinajstić information content (AvgIpc) is 3.06. The number of likely N-dealkylation sites (N-methyl/N-ethyl adjacent to an activating group) is 1. The zero-order chi connectivity index (χ0) is 35.1. The minimum atomic E-state index is -3.95. The summed E-state index contributed by atoms with van der Waals surface area (Å²) in [6, 6.07) is 17.8.